The van der Waals surface area contributed by atoms with Gasteiger partial charge in [0.25, 0.3) is 0 Å². The molecule has 1 amide bonds. The predicted octanol–water partition coefficient (Wildman–Crippen LogP) is 1.84. The van der Waals surface area contributed by atoms with Crippen LogP contribution in [0.25, 0.3) is 0 Å². The molecule has 2 rings (SSSR count). The fourth-order valence-corrected chi connectivity index (χ4v) is 3.07. The van der Waals surface area contributed by atoms with E-state index in [4.69, 9.17) is 0 Å². The molecule has 150 valence electrons. The third kappa shape index (κ3) is 6.44. The number of amides is 1. The summed E-state index contributed by atoms with van der Waals surface area (Å²) in [6.45, 7) is 4.35. The number of nitrogens with zero attached hydrogens (tertiary/aromatic N) is 4. The molecule has 10 heteroatoms. The van der Waals surface area contributed by atoms with Gasteiger partial charge in [0, 0.05) is 45.6 Å². The summed E-state index contributed by atoms with van der Waals surface area (Å²) in [7, 11) is 1.87. The Kier molecular flexibility index (Phi) is 8.36. The lowest BCUT2D eigenvalue weighted by Gasteiger charge is -2.36. The second-order valence-electron chi connectivity index (χ2n) is 6.87. The molecule has 26 heavy (non-hydrogen) atoms. The number of rotatable bonds is 6. The van der Waals surface area contributed by atoms with E-state index in [2.05, 4.69) is 10.3 Å². The van der Waals surface area contributed by atoms with Crippen molar-refractivity contribution >= 4 is 18.3 Å². The smallest absolute Gasteiger partial charge is 0.337 e. The third-order valence-electron chi connectivity index (χ3n) is 4.16. The topological polar surface area (TPSA) is 53.4 Å². The first-order valence-corrected chi connectivity index (χ1v) is 8.44. The molecule has 0 aliphatic carbocycles. The highest BCUT2D eigenvalue weighted by Crippen LogP contribution is 2.22. The number of carbonyl (C=O) groups excluding carboxylic acids is 1. The second-order valence-corrected chi connectivity index (χ2v) is 6.87. The van der Waals surface area contributed by atoms with Gasteiger partial charge in [-0.05, 0) is 5.92 Å². The number of carbonyl (C=O) groups is 1. The summed E-state index contributed by atoms with van der Waals surface area (Å²) in [4.78, 5) is 19.7. The number of alkyl halides is 3. The lowest BCUT2D eigenvalue weighted by Crippen LogP contribution is -2.52. The quantitative estimate of drug-likeness (QED) is 0.795. The van der Waals surface area contributed by atoms with Gasteiger partial charge in [-0.15, -0.1) is 12.4 Å². The number of nitrogens with one attached hydrogen (secondary N) is 1. The number of halogens is 4. The molecule has 1 unspecified atom stereocenters. The third-order valence-corrected chi connectivity index (χ3v) is 4.16. The van der Waals surface area contributed by atoms with Crippen LogP contribution >= 0.6 is 12.4 Å². The van der Waals surface area contributed by atoms with E-state index >= 15 is 0 Å². The maximum atomic E-state index is 12.8. The van der Waals surface area contributed by atoms with Crippen LogP contribution in [0.2, 0.25) is 0 Å². The van der Waals surface area contributed by atoms with Crippen molar-refractivity contribution in [1.82, 2.24) is 24.7 Å². The van der Waals surface area contributed by atoms with Crippen LogP contribution in [0.5, 0.6) is 0 Å². The van der Waals surface area contributed by atoms with Crippen molar-refractivity contribution in [3.05, 3.63) is 18.2 Å². The van der Waals surface area contributed by atoms with Crippen LogP contribution in [0.4, 0.5) is 13.2 Å². The Hall–Kier alpha value is -1.32. The van der Waals surface area contributed by atoms with E-state index in [9.17, 15) is 18.0 Å². The first kappa shape index (κ1) is 22.7. The van der Waals surface area contributed by atoms with Gasteiger partial charge >= 0.3 is 6.18 Å². The number of aromatic nitrogens is 2. The van der Waals surface area contributed by atoms with E-state index < -0.39 is 18.6 Å². The zero-order valence-corrected chi connectivity index (χ0v) is 16.1. The molecular formula is C16H27ClF3N5O. The van der Waals surface area contributed by atoms with E-state index in [0.29, 0.717) is 19.6 Å². The summed E-state index contributed by atoms with van der Waals surface area (Å²) in [6.07, 6.45) is -0.898. The summed E-state index contributed by atoms with van der Waals surface area (Å²) < 4.78 is 40.3. The van der Waals surface area contributed by atoms with Crippen LogP contribution in [-0.4, -0.2) is 70.7 Å². The molecule has 0 radical (unpaired) electrons. The van der Waals surface area contributed by atoms with Crippen molar-refractivity contribution in [1.29, 1.82) is 0 Å². The van der Waals surface area contributed by atoms with Gasteiger partial charge in [-0.25, -0.2) is 4.98 Å². The number of imidazole rings is 1. The minimum absolute atomic E-state index is 0. The van der Waals surface area contributed by atoms with Crippen molar-refractivity contribution in [3.63, 3.8) is 0 Å². The van der Waals surface area contributed by atoms with E-state index in [1.807, 2.05) is 22.7 Å². The lowest BCUT2D eigenvalue weighted by molar-refractivity contribution is -0.163. The van der Waals surface area contributed by atoms with Gasteiger partial charge in [0.15, 0.2) is 0 Å². The Bertz CT molecular complexity index is 578. The number of aryl methyl sites for hydroxylation is 1. The molecule has 0 saturated carbocycles. The largest absolute Gasteiger partial charge is 0.406 e. The molecular weight excluding hydrogens is 371 g/mol. The summed E-state index contributed by atoms with van der Waals surface area (Å²) in [5.74, 6) is 0.276. The Balaban J connectivity index is 0.00000338. The van der Waals surface area contributed by atoms with Gasteiger partial charge < -0.3 is 14.8 Å². The highest BCUT2D eigenvalue weighted by molar-refractivity contribution is 5.85. The number of hydrogen-bond acceptors (Lipinski definition) is 4. The SMILES string of the molecule is CC(C)CN(CC(F)(F)F)C(=O)CN1CCNCC1c1nccn1C.Cl. The van der Waals surface area contributed by atoms with Gasteiger partial charge in [0.1, 0.15) is 12.4 Å². The van der Waals surface area contributed by atoms with Crippen LogP contribution < -0.4 is 5.32 Å². The summed E-state index contributed by atoms with van der Waals surface area (Å²) >= 11 is 0. The Morgan fingerprint density at radius 1 is 1.46 bits per heavy atom. The Morgan fingerprint density at radius 3 is 2.69 bits per heavy atom. The molecule has 1 aromatic rings. The monoisotopic (exact) mass is 397 g/mol. The Labute approximate surface area is 158 Å². The van der Waals surface area contributed by atoms with E-state index in [-0.39, 0.29) is 37.5 Å². The maximum Gasteiger partial charge on any atom is 0.406 e. The molecule has 1 aliphatic rings. The molecule has 1 aliphatic heterocycles. The molecule has 1 N–H and O–H groups in total. The van der Waals surface area contributed by atoms with E-state index in [1.165, 1.54) is 0 Å². The summed E-state index contributed by atoms with van der Waals surface area (Å²) in [5, 5.41) is 3.25. The fourth-order valence-electron chi connectivity index (χ4n) is 3.07. The van der Waals surface area contributed by atoms with Gasteiger partial charge in [0.2, 0.25) is 5.91 Å². The van der Waals surface area contributed by atoms with Crippen molar-refractivity contribution in [3.8, 4) is 0 Å². The van der Waals surface area contributed by atoms with Crippen LogP contribution in [0.1, 0.15) is 25.7 Å². The molecule has 0 bridgehead atoms. The van der Waals surface area contributed by atoms with Crippen LogP contribution in [-0.2, 0) is 11.8 Å². The lowest BCUT2D eigenvalue weighted by atomic mass is 10.1. The van der Waals surface area contributed by atoms with E-state index in [0.717, 1.165) is 10.7 Å². The minimum atomic E-state index is -4.40. The van der Waals surface area contributed by atoms with Crippen molar-refractivity contribution in [2.75, 3.05) is 39.3 Å². The number of hydrogen-bond donors (Lipinski definition) is 1. The molecule has 1 atom stereocenters. The normalized spacial score (nSPS) is 18.7. The zero-order chi connectivity index (χ0) is 18.6. The van der Waals surface area contributed by atoms with Gasteiger partial charge in [-0.3, -0.25) is 9.69 Å². The molecule has 1 fully saturated rings. The summed E-state index contributed by atoms with van der Waals surface area (Å²) in [6, 6.07) is -0.135. The first-order valence-electron chi connectivity index (χ1n) is 8.44. The van der Waals surface area contributed by atoms with Crippen LogP contribution in [0.15, 0.2) is 12.4 Å². The van der Waals surface area contributed by atoms with Crippen LogP contribution in [0, 0.1) is 5.92 Å². The predicted molar refractivity (Wildman–Crippen MR) is 95.1 cm³/mol. The summed E-state index contributed by atoms with van der Waals surface area (Å²) in [5.41, 5.74) is 0. The highest BCUT2D eigenvalue weighted by atomic mass is 35.5. The molecule has 0 spiro atoms. The first-order chi connectivity index (χ1) is 11.7. The maximum absolute atomic E-state index is 12.8. The van der Waals surface area contributed by atoms with Crippen molar-refractivity contribution in [2.45, 2.75) is 26.1 Å². The van der Waals surface area contributed by atoms with E-state index in [1.54, 1.807) is 20.0 Å². The number of piperazine rings is 1. The van der Waals surface area contributed by atoms with Crippen molar-refractivity contribution < 1.29 is 18.0 Å². The molecule has 6 nitrogen and oxygen atoms in total. The van der Waals surface area contributed by atoms with Crippen molar-refractivity contribution in [2.24, 2.45) is 13.0 Å². The fraction of sp³-hybridized carbons (Fsp3) is 0.750. The second kappa shape index (κ2) is 9.57. The molecule has 1 aromatic heterocycles. The molecule has 0 aromatic carbocycles. The minimum Gasteiger partial charge on any atom is -0.337 e. The van der Waals surface area contributed by atoms with Gasteiger partial charge in [-0.1, -0.05) is 13.8 Å². The highest BCUT2D eigenvalue weighted by Gasteiger charge is 2.35. The zero-order valence-electron chi connectivity index (χ0n) is 15.3. The van der Waals surface area contributed by atoms with Gasteiger partial charge in [-0.2, -0.15) is 13.2 Å². The van der Waals surface area contributed by atoms with Crippen LogP contribution in [0.3, 0.4) is 0 Å². The molecule has 1 saturated heterocycles. The average molecular weight is 398 g/mol. The van der Waals surface area contributed by atoms with Gasteiger partial charge in [0.05, 0.1) is 12.6 Å². The molecule has 2 heterocycles. The Morgan fingerprint density at radius 2 is 2.15 bits per heavy atom. The standard InChI is InChI=1S/C16H26F3N5O.ClH/c1-12(2)9-24(11-16(17,18)19)14(25)10-23-7-4-20-8-13(23)15-21-5-6-22(15)3;/h5-6,12-13,20H,4,7-11H2,1-3H3;1H. The average Bonchev–Trinajstić information content (AvgIpc) is 2.91.